The standard InChI is InChI=1S/C19H20N4O2S/c24-16(20-14-7-3-1-4-8-14)13-23-18(25)17-15(9-12-26-17)21-19(23)22-10-5-2-6-11-22/h1,3-4,7-9,12H,2,5-6,10-11,13H2,(H,20,24). The number of hydrogen-bond acceptors (Lipinski definition) is 5. The van der Waals surface area contributed by atoms with Crippen molar-refractivity contribution in [2.24, 2.45) is 0 Å². The largest absolute Gasteiger partial charge is 0.342 e. The molecule has 134 valence electrons. The quantitative estimate of drug-likeness (QED) is 0.768. The minimum atomic E-state index is -0.228. The monoisotopic (exact) mass is 368 g/mol. The summed E-state index contributed by atoms with van der Waals surface area (Å²) in [5.74, 6) is 0.373. The van der Waals surface area contributed by atoms with E-state index in [1.807, 2.05) is 41.8 Å². The minimum absolute atomic E-state index is 0.0413. The summed E-state index contributed by atoms with van der Waals surface area (Å²) >= 11 is 1.37. The minimum Gasteiger partial charge on any atom is -0.342 e. The fourth-order valence-corrected chi connectivity index (χ4v) is 4.05. The number of rotatable bonds is 4. The van der Waals surface area contributed by atoms with E-state index in [2.05, 4.69) is 10.2 Å². The summed E-state index contributed by atoms with van der Waals surface area (Å²) in [5.41, 5.74) is 1.28. The first-order valence-electron chi connectivity index (χ1n) is 8.80. The molecule has 6 nitrogen and oxygen atoms in total. The summed E-state index contributed by atoms with van der Waals surface area (Å²) in [6, 6.07) is 11.1. The number of aromatic nitrogens is 2. The molecule has 2 aromatic heterocycles. The van der Waals surface area contributed by atoms with E-state index < -0.39 is 0 Å². The van der Waals surface area contributed by atoms with Crippen LogP contribution in [0.15, 0.2) is 46.6 Å². The van der Waals surface area contributed by atoms with Crippen molar-refractivity contribution in [3.63, 3.8) is 0 Å². The third-order valence-electron chi connectivity index (χ3n) is 4.54. The molecule has 0 radical (unpaired) electrons. The molecule has 1 aromatic carbocycles. The summed E-state index contributed by atoms with van der Waals surface area (Å²) in [4.78, 5) is 32.3. The van der Waals surface area contributed by atoms with Gasteiger partial charge in [0.15, 0.2) is 0 Å². The van der Waals surface area contributed by atoms with Crippen LogP contribution in [0.25, 0.3) is 10.2 Å². The number of piperidine rings is 1. The molecule has 3 aromatic rings. The molecular weight excluding hydrogens is 348 g/mol. The maximum Gasteiger partial charge on any atom is 0.273 e. The number of para-hydroxylation sites is 1. The van der Waals surface area contributed by atoms with E-state index in [1.54, 1.807) is 0 Å². The zero-order chi connectivity index (χ0) is 17.9. The molecule has 1 fully saturated rings. The van der Waals surface area contributed by atoms with Gasteiger partial charge in [-0.25, -0.2) is 4.98 Å². The Morgan fingerprint density at radius 2 is 1.88 bits per heavy atom. The van der Waals surface area contributed by atoms with Gasteiger partial charge in [-0.05, 0) is 42.8 Å². The third kappa shape index (κ3) is 3.35. The van der Waals surface area contributed by atoms with Crippen LogP contribution in [-0.4, -0.2) is 28.5 Å². The van der Waals surface area contributed by atoms with E-state index in [4.69, 9.17) is 4.98 Å². The Kier molecular flexibility index (Phi) is 4.71. The SMILES string of the molecule is O=C(Cn1c(N2CCCCC2)nc2ccsc2c1=O)Nc1ccccc1. The lowest BCUT2D eigenvalue weighted by atomic mass is 10.1. The molecule has 3 heterocycles. The van der Waals surface area contributed by atoms with E-state index in [1.165, 1.54) is 22.3 Å². The van der Waals surface area contributed by atoms with E-state index in [0.717, 1.165) is 31.6 Å². The van der Waals surface area contributed by atoms with Crippen molar-refractivity contribution in [1.29, 1.82) is 0 Å². The predicted molar refractivity (Wildman–Crippen MR) is 105 cm³/mol. The number of carbonyl (C=O) groups is 1. The summed E-state index contributed by atoms with van der Waals surface area (Å²) in [6.07, 6.45) is 3.34. The molecule has 0 unspecified atom stereocenters. The highest BCUT2D eigenvalue weighted by molar-refractivity contribution is 7.17. The van der Waals surface area contributed by atoms with Gasteiger partial charge in [-0.15, -0.1) is 11.3 Å². The Morgan fingerprint density at radius 3 is 2.65 bits per heavy atom. The average Bonchev–Trinajstić information content (AvgIpc) is 3.14. The summed E-state index contributed by atoms with van der Waals surface area (Å²) in [7, 11) is 0. The van der Waals surface area contributed by atoms with Crippen molar-refractivity contribution in [1.82, 2.24) is 9.55 Å². The highest BCUT2D eigenvalue weighted by Crippen LogP contribution is 2.22. The summed E-state index contributed by atoms with van der Waals surface area (Å²) in [5, 5.41) is 4.72. The number of carbonyl (C=O) groups excluding carboxylic acids is 1. The molecule has 1 aliphatic heterocycles. The third-order valence-corrected chi connectivity index (χ3v) is 5.44. The van der Waals surface area contributed by atoms with Gasteiger partial charge in [0.2, 0.25) is 11.9 Å². The molecule has 7 heteroatoms. The lowest BCUT2D eigenvalue weighted by molar-refractivity contribution is -0.116. The van der Waals surface area contributed by atoms with Gasteiger partial charge < -0.3 is 10.2 Å². The number of anilines is 2. The second-order valence-corrected chi connectivity index (χ2v) is 7.32. The number of thiophene rings is 1. The molecule has 1 aliphatic rings. The van der Waals surface area contributed by atoms with Crippen molar-refractivity contribution in [2.75, 3.05) is 23.3 Å². The molecule has 1 saturated heterocycles. The highest BCUT2D eigenvalue weighted by Gasteiger charge is 2.21. The van der Waals surface area contributed by atoms with Gasteiger partial charge in [0.05, 0.1) is 5.52 Å². The van der Waals surface area contributed by atoms with Crippen molar-refractivity contribution in [3.8, 4) is 0 Å². The van der Waals surface area contributed by atoms with Crippen molar-refractivity contribution >= 4 is 39.1 Å². The molecule has 0 atom stereocenters. The maximum absolute atomic E-state index is 13.0. The van der Waals surface area contributed by atoms with Crippen LogP contribution in [0.1, 0.15) is 19.3 Å². The Morgan fingerprint density at radius 1 is 1.12 bits per heavy atom. The fourth-order valence-electron chi connectivity index (χ4n) is 3.28. The lowest BCUT2D eigenvalue weighted by Gasteiger charge is -2.29. The molecule has 26 heavy (non-hydrogen) atoms. The number of fused-ring (bicyclic) bond motifs is 1. The second-order valence-electron chi connectivity index (χ2n) is 6.40. The first-order valence-corrected chi connectivity index (χ1v) is 9.68. The van der Waals surface area contributed by atoms with Gasteiger partial charge in [-0.1, -0.05) is 18.2 Å². The van der Waals surface area contributed by atoms with Crippen LogP contribution in [0.3, 0.4) is 0 Å². The summed E-state index contributed by atoms with van der Waals surface area (Å²) in [6.45, 7) is 1.69. The predicted octanol–water partition coefficient (Wildman–Crippen LogP) is 3.09. The molecule has 0 spiro atoms. The molecule has 0 saturated carbocycles. The van der Waals surface area contributed by atoms with E-state index in [0.29, 0.717) is 16.2 Å². The lowest BCUT2D eigenvalue weighted by Crippen LogP contribution is -2.38. The molecule has 0 aliphatic carbocycles. The average molecular weight is 368 g/mol. The Bertz CT molecular complexity index is 974. The van der Waals surface area contributed by atoms with Crippen LogP contribution in [0.2, 0.25) is 0 Å². The molecule has 0 bridgehead atoms. The Balaban J connectivity index is 1.68. The molecule has 4 rings (SSSR count). The van der Waals surface area contributed by atoms with Crippen LogP contribution in [0.5, 0.6) is 0 Å². The van der Waals surface area contributed by atoms with Crippen molar-refractivity contribution in [3.05, 3.63) is 52.1 Å². The van der Waals surface area contributed by atoms with E-state index in [-0.39, 0.29) is 18.0 Å². The molecule has 1 amide bonds. The second kappa shape index (κ2) is 7.29. The number of nitrogens with one attached hydrogen (secondary N) is 1. The van der Waals surface area contributed by atoms with E-state index in [9.17, 15) is 9.59 Å². The van der Waals surface area contributed by atoms with Crippen molar-refractivity contribution in [2.45, 2.75) is 25.8 Å². The zero-order valence-electron chi connectivity index (χ0n) is 14.4. The van der Waals surface area contributed by atoms with Gasteiger partial charge in [0.25, 0.3) is 5.56 Å². The number of nitrogens with zero attached hydrogens (tertiary/aromatic N) is 3. The van der Waals surface area contributed by atoms with Gasteiger partial charge in [-0.3, -0.25) is 14.2 Å². The van der Waals surface area contributed by atoms with Crippen LogP contribution < -0.4 is 15.8 Å². The number of benzene rings is 1. The Hall–Kier alpha value is -2.67. The van der Waals surface area contributed by atoms with Gasteiger partial charge in [0, 0.05) is 18.8 Å². The smallest absolute Gasteiger partial charge is 0.273 e. The highest BCUT2D eigenvalue weighted by atomic mass is 32.1. The van der Waals surface area contributed by atoms with Gasteiger partial charge in [0.1, 0.15) is 11.2 Å². The molecule has 1 N–H and O–H groups in total. The van der Waals surface area contributed by atoms with Gasteiger partial charge in [-0.2, -0.15) is 0 Å². The number of amides is 1. The summed E-state index contributed by atoms with van der Waals surface area (Å²) < 4.78 is 2.11. The normalized spacial score (nSPS) is 14.5. The molecular formula is C19H20N4O2S. The topological polar surface area (TPSA) is 67.2 Å². The number of hydrogen-bond donors (Lipinski definition) is 1. The van der Waals surface area contributed by atoms with Gasteiger partial charge >= 0.3 is 0 Å². The van der Waals surface area contributed by atoms with Crippen LogP contribution in [-0.2, 0) is 11.3 Å². The van der Waals surface area contributed by atoms with Crippen molar-refractivity contribution < 1.29 is 4.79 Å². The maximum atomic E-state index is 13.0. The fraction of sp³-hybridized carbons (Fsp3) is 0.316. The first-order chi connectivity index (χ1) is 12.7. The first kappa shape index (κ1) is 16.8. The van der Waals surface area contributed by atoms with Crippen LogP contribution in [0, 0.1) is 0 Å². The zero-order valence-corrected chi connectivity index (χ0v) is 15.2. The van der Waals surface area contributed by atoms with Crippen LogP contribution in [0.4, 0.5) is 11.6 Å². The van der Waals surface area contributed by atoms with E-state index >= 15 is 0 Å². The Labute approximate surface area is 155 Å². The van der Waals surface area contributed by atoms with Crippen LogP contribution >= 0.6 is 11.3 Å².